The van der Waals surface area contributed by atoms with Gasteiger partial charge in [0.1, 0.15) is 0 Å². The fraction of sp³-hybridized carbons (Fsp3) is 0.667. The molecule has 110 valence electrons. The molecule has 1 aromatic carbocycles. The minimum atomic E-state index is 0.418. The summed E-state index contributed by atoms with van der Waals surface area (Å²) in [5.74, 6) is 0.934. The molecule has 20 heavy (non-hydrogen) atoms. The van der Waals surface area contributed by atoms with Crippen molar-refractivity contribution in [2.24, 2.45) is 11.7 Å². The van der Waals surface area contributed by atoms with E-state index in [1.54, 1.807) is 0 Å². The van der Waals surface area contributed by atoms with Gasteiger partial charge in [-0.15, -0.1) is 0 Å². The average Bonchev–Trinajstić information content (AvgIpc) is 2.91. The summed E-state index contributed by atoms with van der Waals surface area (Å²) < 4.78 is 0. The van der Waals surface area contributed by atoms with E-state index in [9.17, 15) is 0 Å². The van der Waals surface area contributed by atoms with Gasteiger partial charge in [-0.05, 0) is 63.1 Å². The van der Waals surface area contributed by atoms with Crippen molar-refractivity contribution in [3.8, 4) is 0 Å². The predicted molar refractivity (Wildman–Crippen MR) is 84.8 cm³/mol. The van der Waals surface area contributed by atoms with Gasteiger partial charge in [-0.25, -0.2) is 0 Å². The Bertz CT molecular complexity index is 468. The smallest absolute Gasteiger partial charge is 0.0476 e. The number of piperidine rings is 1. The van der Waals surface area contributed by atoms with Crippen LogP contribution in [0.1, 0.15) is 54.8 Å². The third-order valence-electron chi connectivity index (χ3n) is 5.44. The Kier molecular flexibility index (Phi) is 4.13. The third-order valence-corrected chi connectivity index (χ3v) is 5.44. The van der Waals surface area contributed by atoms with Crippen LogP contribution < -0.4 is 5.73 Å². The Morgan fingerprint density at radius 3 is 2.75 bits per heavy atom. The molecule has 1 aliphatic heterocycles. The standard InChI is InChI=1S/C18H28N2/c1-13-8-9-16(14(2)11-13)18(12-19)20-10-4-6-15-5-3-7-17(15)20/h8-9,11,15,17-18H,3-7,10,12,19H2,1-2H3. The zero-order chi connectivity index (χ0) is 14.1. The molecule has 0 amide bonds. The molecule has 0 bridgehead atoms. The monoisotopic (exact) mass is 272 g/mol. The van der Waals surface area contributed by atoms with Crippen LogP contribution in [0.15, 0.2) is 18.2 Å². The normalized spacial score (nSPS) is 28.4. The molecule has 0 spiro atoms. The van der Waals surface area contributed by atoms with Gasteiger partial charge in [0.2, 0.25) is 0 Å². The third kappa shape index (κ3) is 2.51. The van der Waals surface area contributed by atoms with E-state index in [-0.39, 0.29) is 0 Å². The largest absolute Gasteiger partial charge is 0.329 e. The number of nitrogens with zero attached hydrogens (tertiary/aromatic N) is 1. The molecular formula is C18H28N2. The molecule has 1 aliphatic carbocycles. The summed E-state index contributed by atoms with van der Waals surface area (Å²) in [4.78, 5) is 2.73. The van der Waals surface area contributed by atoms with Crippen molar-refractivity contribution in [1.29, 1.82) is 0 Å². The number of hydrogen-bond acceptors (Lipinski definition) is 2. The van der Waals surface area contributed by atoms with Crippen LogP contribution in [-0.4, -0.2) is 24.0 Å². The summed E-state index contributed by atoms with van der Waals surface area (Å²) in [5, 5.41) is 0. The number of rotatable bonds is 3. The fourth-order valence-electron chi connectivity index (χ4n) is 4.52. The highest BCUT2D eigenvalue weighted by Gasteiger charge is 2.38. The van der Waals surface area contributed by atoms with Crippen LogP contribution >= 0.6 is 0 Å². The predicted octanol–water partition coefficient (Wildman–Crippen LogP) is 3.57. The molecule has 2 nitrogen and oxygen atoms in total. The zero-order valence-corrected chi connectivity index (χ0v) is 12.9. The second kappa shape index (κ2) is 5.87. The first-order valence-corrected chi connectivity index (χ1v) is 8.23. The van der Waals surface area contributed by atoms with Crippen LogP contribution in [0.25, 0.3) is 0 Å². The molecule has 0 radical (unpaired) electrons. The van der Waals surface area contributed by atoms with Gasteiger partial charge in [-0.1, -0.05) is 30.2 Å². The summed E-state index contributed by atoms with van der Waals surface area (Å²) in [6.07, 6.45) is 7.02. The van der Waals surface area contributed by atoms with Gasteiger partial charge in [0.05, 0.1) is 0 Å². The highest BCUT2D eigenvalue weighted by Crippen LogP contribution is 2.40. The van der Waals surface area contributed by atoms with Crippen molar-refractivity contribution >= 4 is 0 Å². The molecule has 1 heterocycles. The van der Waals surface area contributed by atoms with Crippen molar-refractivity contribution in [2.75, 3.05) is 13.1 Å². The van der Waals surface area contributed by atoms with Gasteiger partial charge in [0.25, 0.3) is 0 Å². The highest BCUT2D eigenvalue weighted by atomic mass is 15.2. The lowest BCUT2D eigenvalue weighted by Gasteiger charge is -2.43. The summed E-state index contributed by atoms with van der Waals surface area (Å²) in [6.45, 7) is 6.38. The molecule has 3 unspecified atom stereocenters. The Morgan fingerprint density at radius 1 is 1.20 bits per heavy atom. The van der Waals surface area contributed by atoms with E-state index in [2.05, 4.69) is 36.9 Å². The number of aryl methyl sites for hydroxylation is 2. The molecule has 1 saturated heterocycles. The Hall–Kier alpha value is -0.860. The van der Waals surface area contributed by atoms with E-state index in [0.29, 0.717) is 6.04 Å². The van der Waals surface area contributed by atoms with Crippen LogP contribution in [0.5, 0.6) is 0 Å². The second-order valence-corrected chi connectivity index (χ2v) is 6.75. The minimum Gasteiger partial charge on any atom is -0.329 e. The summed E-state index contributed by atoms with van der Waals surface area (Å²) in [7, 11) is 0. The summed E-state index contributed by atoms with van der Waals surface area (Å²) in [5.41, 5.74) is 10.4. The topological polar surface area (TPSA) is 29.3 Å². The lowest BCUT2D eigenvalue weighted by molar-refractivity contribution is 0.0699. The van der Waals surface area contributed by atoms with Crippen molar-refractivity contribution in [3.05, 3.63) is 34.9 Å². The first-order chi connectivity index (χ1) is 9.70. The molecule has 1 aromatic rings. The maximum atomic E-state index is 6.18. The number of nitrogens with two attached hydrogens (primary N) is 1. The molecule has 3 atom stereocenters. The van der Waals surface area contributed by atoms with Gasteiger partial charge < -0.3 is 5.73 Å². The summed E-state index contributed by atoms with van der Waals surface area (Å²) in [6, 6.07) is 8.05. The van der Waals surface area contributed by atoms with E-state index < -0.39 is 0 Å². The van der Waals surface area contributed by atoms with E-state index in [0.717, 1.165) is 18.5 Å². The molecule has 2 fully saturated rings. The quantitative estimate of drug-likeness (QED) is 0.911. The van der Waals surface area contributed by atoms with Gasteiger partial charge >= 0.3 is 0 Å². The molecular weight excluding hydrogens is 244 g/mol. The number of likely N-dealkylation sites (tertiary alicyclic amines) is 1. The highest BCUT2D eigenvalue weighted by molar-refractivity contribution is 5.33. The minimum absolute atomic E-state index is 0.418. The Labute approximate surface area is 123 Å². The van der Waals surface area contributed by atoms with Crippen LogP contribution in [0.4, 0.5) is 0 Å². The van der Waals surface area contributed by atoms with E-state index in [4.69, 9.17) is 5.73 Å². The fourth-order valence-corrected chi connectivity index (χ4v) is 4.52. The Balaban J connectivity index is 1.88. The maximum Gasteiger partial charge on any atom is 0.0476 e. The maximum absolute atomic E-state index is 6.18. The van der Waals surface area contributed by atoms with Gasteiger partial charge in [-0.2, -0.15) is 0 Å². The van der Waals surface area contributed by atoms with E-state index in [1.165, 1.54) is 55.3 Å². The number of benzene rings is 1. The van der Waals surface area contributed by atoms with Gasteiger partial charge in [0, 0.05) is 18.6 Å². The van der Waals surface area contributed by atoms with Crippen LogP contribution in [0, 0.1) is 19.8 Å². The van der Waals surface area contributed by atoms with Crippen LogP contribution in [-0.2, 0) is 0 Å². The molecule has 2 N–H and O–H groups in total. The first-order valence-electron chi connectivity index (χ1n) is 8.23. The van der Waals surface area contributed by atoms with Gasteiger partial charge in [-0.3, -0.25) is 4.90 Å². The lowest BCUT2D eigenvalue weighted by atomic mass is 9.88. The SMILES string of the molecule is Cc1ccc(C(CN)N2CCCC3CCCC32)c(C)c1. The number of hydrogen-bond donors (Lipinski definition) is 1. The lowest BCUT2D eigenvalue weighted by Crippen LogP contribution is -2.46. The van der Waals surface area contributed by atoms with Crippen LogP contribution in [0.2, 0.25) is 0 Å². The molecule has 3 rings (SSSR count). The van der Waals surface area contributed by atoms with Crippen molar-refractivity contribution < 1.29 is 0 Å². The first kappa shape index (κ1) is 14.1. The molecule has 0 aromatic heterocycles. The molecule has 2 aliphatic rings. The van der Waals surface area contributed by atoms with Crippen LogP contribution in [0.3, 0.4) is 0 Å². The zero-order valence-electron chi connectivity index (χ0n) is 12.9. The van der Waals surface area contributed by atoms with E-state index >= 15 is 0 Å². The average molecular weight is 272 g/mol. The van der Waals surface area contributed by atoms with Crippen molar-refractivity contribution in [2.45, 2.75) is 58.0 Å². The van der Waals surface area contributed by atoms with Crippen molar-refractivity contribution in [1.82, 2.24) is 4.90 Å². The van der Waals surface area contributed by atoms with Crippen molar-refractivity contribution in [3.63, 3.8) is 0 Å². The Morgan fingerprint density at radius 2 is 2.00 bits per heavy atom. The van der Waals surface area contributed by atoms with E-state index in [1.807, 2.05) is 0 Å². The number of fused-ring (bicyclic) bond motifs is 1. The van der Waals surface area contributed by atoms with Gasteiger partial charge in [0.15, 0.2) is 0 Å². The molecule has 2 heteroatoms. The second-order valence-electron chi connectivity index (χ2n) is 6.75. The summed E-state index contributed by atoms with van der Waals surface area (Å²) >= 11 is 0. The molecule has 1 saturated carbocycles.